The lowest BCUT2D eigenvalue weighted by atomic mass is 9.64. The van der Waals surface area contributed by atoms with E-state index in [0.717, 1.165) is 56.8 Å². The van der Waals surface area contributed by atoms with Gasteiger partial charge in [-0.05, 0) is 68.6 Å². The number of halogens is 4. The van der Waals surface area contributed by atoms with Crippen LogP contribution in [0.5, 0.6) is 0 Å². The number of aromatic nitrogens is 3. The lowest BCUT2D eigenvalue weighted by molar-refractivity contribution is -0.141. The number of likely N-dealkylation sites (tertiary alicyclic amines) is 1. The summed E-state index contributed by atoms with van der Waals surface area (Å²) in [7, 11) is 0. The van der Waals surface area contributed by atoms with E-state index in [1.54, 1.807) is 6.07 Å². The lowest BCUT2D eigenvalue weighted by Crippen LogP contribution is -2.36. The average Bonchev–Trinajstić information content (AvgIpc) is 3.23. The Bertz CT molecular complexity index is 1100. The first-order chi connectivity index (χ1) is 15.8. The quantitative estimate of drug-likeness (QED) is 0.453. The van der Waals surface area contributed by atoms with Crippen molar-refractivity contribution >= 4 is 11.6 Å². The summed E-state index contributed by atoms with van der Waals surface area (Å²) >= 11 is 6.05. The third-order valence-corrected chi connectivity index (χ3v) is 7.18. The number of benzene rings is 1. The topological polar surface area (TPSA) is 55.1 Å². The van der Waals surface area contributed by atoms with Crippen molar-refractivity contribution in [1.29, 1.82) is 0 Å². The molecule has 0 bridgehead atoms. The van der Waals surface area contributed by atoms with Crippen molar-refractivity contribution in [2.75, 3.05) is 13.1 Å². The van der Waals surface area contributed by atoms with Crippen LogP contribution in [0, 0.1) is 0 Å². The van der Waals surface area contributed by atoms with Gasteiger partial charge in [0.15, 0.2) is 5.82 Å². The molecule has 2 aliphatic rings. The van der Waals surface area contributed by atoms with Crippen LogP contribution >= 0.6 is 11.6 Å². The summed E-state index contributed by atoms with van der Waals surface area (Å²) in [5.74, 6) is 1.31. The minimum atomic E-state index is -4.42. The van der Waals surface area contributed by atoms with Crippen LogP contribution < -0.4 is 0 Å². The fourth-order valence-electron chi connectivity index (χ4n) is 4.87. The average molecular weight is 477 g/mol. The maximum atomic E-state index is 13.0. The van der Waals surface area contributed by atoms with Gasteiger partial charge in [0, 0.05) is 16.6 Å². The second-order valence-electron chi connectivity index (χ2n) is 8.95. The van der Waals surface area contributed by atoms with Crippen LogP contribution in [-0.2, 0) is 18.1 Å². The van der Waals surface area contributed by atoms with Crippen molar-refractivity contribution in [2.45, 2.75) is 56.2 Å². The highest BCUT2D eigenvalue weighted by molar-refractivity contribution is 6.30. The highest BCUT2D eigenvalue weighted by atomic mass is 35.5. The summed E-state index contributed by atoms with van der Waals surface area (Å²) < 4.78 is 44.5. The van der Waals surface area contributed by atoms with Crippen LogP contribution in [0.15, 0.2) is 47.0 Å². The number of nitrogens with zero attached hydrogens (tertiary/aromatic N) is 4. The van der Waals surface area contributed by atoms with Gasteiger partial charge in [-0.25, -0.2) is 4.98 Å². The molecule has 5 nitrogen and oxygen atoms in total. The number of pyridine rings is 1. The third-order valence-electron chi connectivity index (χ3n) is 6.93. The summed E-state index contributed by atoms with van der Waals surface area (Å²) in [5, 5.41) is 5.01. The number of piperidine rings is 1. The van der Waals surface area contributed by atoms with E-state index in [-0.39, 0.29) is 11.3 Å². The molecule has 9 heteroatoms. The van der Waals surface area contributed by atoms with Crippen molar-refractivity contribution in [3.05, 3.63) is 76.2 Å². The van der Waals surface area contributed by atoms with E-state index in [4.69, 9.17) is 21.1 Å². The Balaban J connectivity index is 1.22. The van der Waals surface area contributed by atoms with Gasteiger partial charge < -0.3 is 4.52 Å². The molecule has 2 aromatic heterocycles. The van der Waals surface area contributed by atoms with E-state index in [1.165, 1.54) is 6.07 Å². The fraction of sp³-hybridized carbons (Fsp3) is 0.458. The molecule has 3 heterocycles. The Morgan fingerprint density at radius 3 is 2.39 bits per heavy atom. The molecule has 2 fully saturated rings. The largest absolute Gasteiger partial charge is 0.433 e. The standard InChI is InChI=1S/C24H24ClF3N4O/c25-18-7-5-17(6-8-18)23(11-2-12-23)22-30-21(33-31-22)15-32-13-9-16(10-14-32)19-3-1-4-20(29-19)24(26,27)28/h1,3-8,16H,2,9-15H2. The zero-order valence-corrected chi connectivity index (χ0v) is 18.7. The van der Waals surface area contributed by atoms with E-state index in [1.807, 2.05) is 24.3 Å². The molecular weight excluding hydrogens is 453 g/mol. The molecule has 1 saturated carbocycles. The molecule has 0 N–H and O–H groups in total. The number of alkyl halides is 3. The van der Waals surface area contributed by atoms with Gasteiger partial charge in [-0.15, -0.1) is 0 Å². The molecule has 0 atom stereocenters. The molecule has 0 amide bonds. The molecule has 174 valence electrons. The van der Waals surface area contributed by atoms with Gasteiger partial charge >= 0.3 is 6.18 Å². The van der Waals surface area contributed by atoms with Gasteiger partial charge in [0.25, 0.3) is 0 Å². The Hall–Kier alpha value is -2.45. The van der Waals surface area contributed by atoms with Crippen molar-refractivity contribution in [3.8, 4) is 0 Å². The molecule has 0 radical (unpaired) electrons. The zero-order chi connectivity index (χ0) is 23.1. The van der Waals surface area contributed by atoms with Gasteiger partial charge in [-0.3, -0.25) is 4.90 Å². The van der Waals surface area contributed by atoms with Gasteiger partial charge in [-0.1, -0.05) is 41.4 Å². The smallest absolute Gasteiger partial charge is 0.338 e. The summed E-state index contributed by atoms with van der Waals surface area (Å²) in [6.45, 7) is 2.01. The zero-order valence-electron chi connectivity index (χ0n) is 18.0. The van der Waals surface area contributed by atoms with Crippen molar-refractivity contribution < 1.29 is 17.7 Å². The van der Waals surface area contributed by atoms with Crippen LogP contribution in [-0.4, -0.2) is 33.1 Å². The Labute approximate surface area is 195 Å². The minimum absolute atomic E-state index is 0.0185. The maximum Gasteiger partial charge on any atom is 0.433 e. The predicted molar refractivity (Wildman–Crippen MR) is 117 cm³/mol. The Morgan fingerprint density at radius 1 is 1.03 bits per heavy atom. The summed E-state index contributed by atoms with van der Waals surface area (Å²) in [5.41, 5.74) is 0.625. The molecule has 1 saturated heterocycles. The van der Waals surface area contributed by atoms with Gasteiger partial charge in [-0.2, -0.15) is 18.2 Å². The Kier molecular flexibility index (Phi) is 5.91. The SMILES string of the molecule is FC(F)(F)c1cccc(C2CCN(Cc3nc(C4(c5ccc(Cl)cc5)CCC4)no3)CC2)n1. The number of hydrogen-bond donors (Lipinski definition) is 0. The third kappa shape index (κ3) is 4.51. The molecule has 0 unspecified atom stereocenters. The molecule has 1 aromatic carbocycles. The fourth-order valence-corrected chi connectivity index (χ4v) is 4.99. The highest BCUT2D eigenvalue weighted by Crippen LogP contribution is 2.48. The van der Waals surface area contributed by atoms with Gasteiger partial charge in [0.05, 0.1) is 12.0 Å². The van der Waals surface area contributed by atoms with Crippen LogP contribution in [0.25, 0.3) is 0 Å². The summed E-state index contributed by atoms with van der Waals surface area (Å²) in [6, 6.07) is 12.0. The van der Waals surface area contributed by atoms with E-state index < -0.39 is 11.9 Å². The first-order valence-electron chi connectivity index (χ1n) is 11.2. The van der Waals surface area contributed by atoms with Crippen LogP contribution in [0.2, 0.25) is 5.02 Å². The molecular formula is C24H24ClF3N4O. The predicted octanol–water partition coefficient (Wildman–Crippen LogP) is 5.99. The molecule has 5 rings (SSSR count). The summed E-state index contributed by atoms with van der Waals surface area (Å²) in [6.07, 6.45) is 0.125. The number of rotatable bonds is 5. The number of hydrogen-bond acceptors (Lipinski definition) is 5. The normalized spacial score (nSPS) is 19.4. The monoisotopic (exact) mass is 476 g/mol. The molecule has 1 aliphatic heterocycles. The van der Waals surface area contributed by atoms with E-state index in [2.05, 4.69) is 15.0 Å². The molecule has 0 spiro atoms. The van der Waals surface area contributed by atoms with Crippen LogP contribution in [0.4, 0.5) is 13.2 Å². The molecule has 3 aromatic rings. The highest BCUT2D eigenvalue weighted by Gasteiger charge is 2.44. The van der Waals surface area contributed by atoms with Crippen LogP contribution in [0.3, 0.4) is 0 Å². The van der Waals surface area contributed by atoms with Gasteiger partial charge in [0.1, 0.15) is 5.69 Å². The second-order valence-corrected chi connectivity index (χ2v) is 9.39. The van der Waals surface area contributed by atoms with E-state index in [9.17, 15) is 13.2 Å². The van der Waals surface area contributed by atoms with Gasteiger partial charge in [0.2, 0.25) is 5.89 Å². The molecule has 1 aliphatic carbocycles. The summed E-state index contributed by atoms with van der Waals surface area (Å²) in [4.78, 5) is 10.8. The van der Waals surface area contributed by atoms with Crippen LogP contribution in [0.1, 0.15) is 66.7 Å². The molecule has 33 heavy (non-hydrogen) atoms. The van der Waals surface area contributed by atoms with Crippen molar-refractivity contribution in [1.82, 2.24) is 20.0 Å². The van der Waals surface area contributed by atoms with Crippen molar-refractivity contribution in [2.24, 2.45) is 0 Å². The Morgan fingerprint density at radius 2 is 1.76 bits per heavy atom. The van der Waals surface area contributed by atoms with E-state index in [0.29, 0.717) is 29.0 Å². The first-order valence-corrected chi connectivity index (χ1v) is 11.6. The lowest BCUT2D eigenvalue weighted by Gasteiger charge is -2.39. The van der Waals surface area contributed by atoms with E-state index >= 15 is 0 Å². The maximum absolute atomic E-state index is 13.0. The minimum Gasteiger partial charge on any atom is -0.338 e. The second kappa shape index (κ2) is 8.72. The first kappa shape index (κ1) is 22.3. The van der Waals surface area contributed by atoms with Crippen molar-refractivity contribution in [3.63, 3.8) is 0 Å².